The summed E-state index contributed by atoms with van der Waals surface area (Å²) in [6.07, 6.45) is 6.16. The molecule has 1 aliphatic heterocycles. The number of anilines is 1. The minimum absolute atomic E-state index is 0.144. The molecule has 1 N–H and O–H groups in total. The Bertz CT molecular complexity index is 1630. The van der Waals surface area contributed by atoms with Crippen molar-refractivity contribution in [2.75, 3.05) is 12.4 Å². The monoisotopic (exact) mass is 523 g/mol. The summed E-state index contributed by atoms with van der Waals surface area (Å²) < 4.78 is 9.85. The topological polar surface area (TPSA) is 47.7 Å². The summed E-state index contributed by atoms with van der Waals surface area (Å²) in [6.45, 7) is 3.06. The van der Waals surface area contributed by atoms with E-state index in [9.17, 15) is 4.79 Å². The lowest BCUT2D eigenvalue weighted by molar-refractivity contribution is 0.102. The maximum absolute atomic E-state index is 14.1. The molecule has 3 heterocycles. The van der Waals surface area contributed by atoms with Gasteiger partial charge in [-0.25, -0.2) is 0 Å². The van der Waals surface area contributed by atoms with Crippen molar-refractivity contribution in [1.29, 1.82) is 0 Å². The highest BCUT2D eigenvalue weighted by Gasteiger charge is 2.29. The average Bonchev–Trinajstić information content (AvgIpc) is 3.36. The van der Waals surface area contributed by atoms with Crippen molar-refractivity contribution in [3.05, 3.63) is 101 Å². The number of methoxy groups -OCH3 is 1. The smallest absolute Gasteiger partial charge is 0.273 e. The van der Waals surface area contributed by atoms with Crippen LogP contribution in [0.25, 0.3) is 28.0 Å². The number of rotatable bonds is 6. The van der Waals surface area contributed by atoms with Crippen LogP contribution in [0.4, 0.5) is 5.69 Å². The van der Waals surface area contributed by atoms with Crippen LogP contribution in [-0.4, -0.2) is 22.0 Å². The molecular weight excluding hydrogens is 494 g/mol. The Morgan fingerprint density at radius 3 is 2.50 bits per heavy atom. The van der Waals surface area contributed by atoms with Crippen LogP contribution in [0.15, 0.2) is 79.0 Å². The van der Waals surface area contributed by atoms with Gasteiger partial charge in [-0.05, 0) is 66.6 Å². The number of imidazole rings is 1. The standard InChI is InChI=1S/C32H30ClN3O2/c1-3-21-10-12-23(13-11-21)29-27-9-4-5-18-35-28(22-14-16-24(33)17-15-22)20-36(32(27)35)30(29)31(37)34-25-7-6-8-26(19-25)38-2/h6-8,10-17,19-20H,3-5,9,18H2,1-2H3,(H,34,37). The SMILES string of the molecule is CCc1ccc(-c2c3c4n(c(-c5ccc(Cl)cc5)cn4c2C(=O)Nc2cccc(OC)c2)CCCC3)cc1. The normalized spacial score (nSPS) is 12.9. The van der Waals surface area contributed by atoms with E-state index in [1.165, 1.54) is 11.1 Å². The van der Waals surface area contributed by atoms with Gasteiger partial charge in [0, 0.05) is 40.6 Å². The molecule has 0 saturated carbocycles. The van der Waals surface area contributed by atoms with Gasteiger partial charge in [0.25, 0.3) is 5.91 Å². The minimum atomic E-state index is -0.144. The summed E-state index contributed by atoms with van der Waals surface area (Å²) in [5, 5.41) is 3.85. The molecule has 5 nitrogen and oxygen atoms in total. The summed E-state index contributed by atoms with van der Waals surface area (Å²) in [6, 6.07) is 24.0. The fourth-order valence-electron chi connectivity index (χ4n) is 5.57. The number of amides is 1. The van der Waals surface area contributed by atoms with Gasteiger partial charge in [0.05, 0.1) is 12.8 Å². The predicted octanol–water partition coefficient (Wildman–Crippen LogP) is 7.89. The molecule has 0 spiro atoms. The van der Waals surface area contributed by atoms with Gasteiger partial charge in [0.2, 0.25) is 0 Å². The van der Waals surface area contributed by atoms with Crippen LogP contribution < -0.4 is 10.1 Å². The van der Waals surface area contributed by atoms with Gasteiger partial charge in [0.15, 0.2) is 0 Å². The van der Waals surface area contributed by atoms with Crippen molar-refractivity contribution in [3.63, 3.8) is 0 Å². The maximum atomic E-state index is 14.1. The van der Waals surface area contributed by atoms with E-state index < -0.39 is 0 Å². The van der Waals surface area contributed by atoms with E-state index >= 15 is 0 Å². The van der Waals surface area contributed by atoms with E-state index in [1.54, 1.807) is 7.11 Å². The van der Waals surface area contributed by atoms with Crippen LogP contribution in [0, 0.1) is 0 Å². The van der Waals surface area contributed by atoms with Gasteiger partial charge < -0.3 is 14.6 Å². The first-order valence-corrected chi connectivity index (χ1v) is 13.5. The Hall–Kier alpha value is -3.96. The van der Waals surface area contributed by atoms with Gasteiger partial charge in [-0.1, -0.05) is 61.0 Å². The largest absolute Gasteiger partial charge is 0.497 e. The first-order valence-electron chi connectivity index (χ1n) is 13.1. The van der Waals surface area contributed by atoms with Crippen molar-refractivity contribution in [2.45, 2.75) is 39.2 Å². The Morgan fingerprint density at radius 1 is 1.00 bits per heavy atom. The summed E-state index contributed by atoms with van der Waals surface area (Å²) >= 11 is 6.19. The molecule has 1 amide bonds. The summed E-state index contributed by atoms with van der Waals surface area (Å²) in [7, 11) is 1.63. The third kappa shape index (κ3) is 4.27. The molecular formula is C32H30ClN3O2. The van der Waals surface area contributed by atoms with Crippen molar-refractivity contribution in [1.82, 2.24) is 8.97 Å². The number of carbonyl (C=O) groups is 1. The van der Waals surface area contributed by atoms with Crippen LogP contribution in [0.1, 0.15) is 41.4 Å². The molecule has 6 heteroatoms. The molecule has 192 valence electrons. The van der Waals surface area contributed by atoms with Gasteiger partial charge >= 0.3 is 0 Å². The number of halogens is 1. The van der Waals surface area contributed by atoms with Crippen molar-refractivity contribution < 1.29 is 9.53 Å². The van der Waals surface area contributed by atoms with Crippen molar-refractivity contribution in [2.24, 2.45) is 0 Å². The van der Waals surface area contributed by atoms with Gasteiger partial charge in [-0.15, -0.1) is 0 Å². The number of ether oxygens (including phenoxy) is 1. The minimum Gasteiger partial charge on any atom is -0.497 e. The number of benzene rings is 3. The van der Waals surface area contributed by atoms with E-state index in [-0.39, 0.29) is 5.91 Å². The maximum Gasteiger partial charge on any atom is 0.273 e. The van der Waals surface area contributed by atoms with Gasteiger partial charge in [-0.2, -0.15) is 0 Å². The molecule has 0 atom stereocenters. The van der Waals surface area contributed by atoms with E-state index in [0.717, 1.165) is 60.3 Å². The molecule has 38 heavy (non-hydrogen) atoms. The van der Waals surface area contributed by atoms with Crippen molar-refractivity contribution >= 4 is 28.8 Å². The highest BCUT2D eigenvalue weighted by molar-refractivity contribution is 6.30. The van der Waals surface area contributed by atoms with E-state index in [1.807, 2.05) is 48.5 Å². The number of carbonyl (C=O) groups excluding carboxylic acids is 1. The summed E-state index contributed by atoms with van der Waals surface area (Å²) in [5.41, 5.74) is 9.20. The zero-order valence-corrected chi connectivity index (χ0v) is 22.4. The zero-order valence-electron chi connectivity index (χ0n) is 21.6. The fourth-order valence-corrected chi connectivity index (χ4v) is 5.70. The third-order valence-corrected chi connectivity index (χ3v) is 7.72. The summed E-state index contributed by atoms with van der Waals surface area (Å²) in [4.78, 5) is 14.1. The average molecular weight is 524 g/mol. The lowest BCUT2D eigenvalue weighted by Gasteiger charge is -2.11. The van der Waals surface area contributed by atoms with E-state index in [0.29, 0.717) is 22.2 Å². The first-order chi connectivity index (χ1) is 18.6. The second-order valence-corrected chi connectivity index (χ2v) is 10.2. The number of hydrogen-bond acceptors (Lipinski definition) is 2. The zero-order chi connectivity index (χ0) is 26.2. The second kappa shape index (κ2) is 10.1. The van der Waals surface area contributed by atoms with Crippen LogP contribution in [0.3, 0.4) is 0 Å². The molecule has 0 radical (unpaired) electrons. The molecule has 0 unspecified atom stereocenters. The Balaban J connectivity index is 1.58. The predicted molar refractivity (Wildman–Crippen MR) is 155 cm³/mol. The number of aryl methyl sites for hydroxylation is 3. The van der Waals surface area contributed by atoms with E-state index in [4.69, 9.17) is 16.3 Å². The second-order valence-electron chi connectivity index (χ2n) is 9.76. The molecule has 0 fully saturated rings. The third-order valence-electron chi connectivity index (χ3n) is 7.47. The molecule has 5 aromatic rings. The molecule has 0 aliphatic carbocycles. The lowest BCUT2D eigenvalue weighted by atomic mass is 9.96. The van der Waals surface area contributed by atoms with Crippen LogP contribution >= 0.6 is 11.6 Å². The van der Waals surface area contributed by atoms with E-state index in [2.05, 4.69) is 51.7 Å². The molecule has 2 aromatic heterocycles. The first kappa shape index (κ1) is 24.4. The molecule has 6 rings (SSSR count). The van der Waals surface area contributed by atoms with Gasteiger partial charge in [-0.3, -0.25) is 9.20 Å². The van der Waals surface area contributed by atoms with Crippen molar-refractivity contribution in [3.8, 4) is 28.1 Å². The molecule has 1 aliphatic rings. The summed E-state index contributed by atoms with van der Waals surface area (Å²) in [5.74, 6) is 0.555. The highest BCUT2D eigenvalue weighted by atomic mass is 35.5. The van der Waals surface area contributed by atoms with Crippen LogP contribution in [-0.2, 0) is 19.4 Å². The van der Waals surface area contributed by atoms with Crippen LogP contribution in [0.2, 0.25) is 5.02 Å². The van der Waals surface area contributed by atoms with Gasteiger partial charge in [0.1, 0.15) is 17.1 Å². The number of aromatic nitrogens is 2. The fraction of sp³-hybridized carbons (Fsp3) is 0.219. The number of hydrogen-bond donors (Lipinski definition) is 1. The quantitative estimate of drug-likeness (QED) is 0.246. The number of nitrogens with one attached hydrogen (secondary N) is 1. The Labute approximate surface area is 227 Å². The number of nitrogens with zero attached hydrogens (tertiary/aromatic N) is 2. The molecule has 0 bridgehead atoms. The Morgan fingerprint density at radius 2 is 1.76 bits per heavy atom. The highest BCUT2D eigenvalue weighted by Crippen LogP contribution is 2.40. The molecule has 0 saturated heterocycles. The Kier molecular flexibility index (Phi) is 6.46. The van der Waals surface area contributed by atoms with Crippen LogP contribution in [0.5, 0.6) is 5.75 Å². The molecule has 3 aromatic carbocycles. The lowest BCUT2D eigenvalue weighted by Crippen LogP contribution is -2.15.